The molecule has 84 valence electrons. The summed E-state index contributed by atoms with van der Waals surface area (Å²) in [5.41, 5.74) is 0.119. The lowest BCUT2D eigenvalue weighted by Gasteiger charge is -2.30. The Hall–Kier alpha value is -0.800. The molecular weight excluding hydrogens is 212 g/mol. The fraction of sp³-hybridized carbons (Fsp3) is 0.545. The van der Waals surface area contributed by atoms with Gasteiger partial charge in [0.25, 0.3) is 0 Å². The Morgan fingerprint density at radius 2 is 2.27 bits per heavy atom. The maximum atomic E-state index is 9.90. The maximum absolute atomic E-state index is 9.90. The van der Waals surface area contributed by atoms with Gasteiger partial charge in [-0.25, -0.2) is 4.98 Å². The number of anilines is 1. The second kappa shape index (κ2) is 4.81. The van der Waals surface area contributed by atoms with Crippen molar-refractivity contribution in [2.75, 3.05) is 5.32 Å². The molecule has 0 aliphatic carbocycles. The summed E-state index contributed by atoms with van der Waals surface area (Å²) in [6, 6.07) is 3.58. The lowest BCUT2D eigenvalue weighted by molar-refractivity contribution is 0.0579. The van der Waals surface area contributed by atoms with Gasteiger partial charge in [-0.3, -0.25) is 0 Å². The minimum Gasteiger partial charge on any atom is -0.388 e. The van der Waals surface area contributed by atoms with Gasteiger partial charge in [-0.2, -0.15) is 0 Å². The predicted octanol–water partition coefficient (Wildman–Crippen LogP) is 2.70. The van der Waals surface area contributed by atoms with Crippen molar-refractivity contribution in [3.63, 3.8) is 0 Å². The van der Waals surface area contributed by atoms with Gasteiger partial charge >= 0.3 is 0 Å². The second-order valence-electron chi connectivity index (χ2n) is 4.13. The molecule has 0 saturated carbocycles. The summed E-state index contributed by atoms with van der Waals surface area (Å²) in [7, 11) is 0. The third-order valence-electron chi connectivity index (χ3n) is 2.33. The van der Waals surface area contributed by atoms with Crippen LogP contribution in [0, 0.1) is 0 Å². The molecule has 0 bridgehead atoms. The molecule has 15 heavy (non-hydrogen) atoms. The van der Waals surface area contributed by atoms with Crippen LogP contribution in [-0.2, 0) is 0 Å². The van der Waals surface area contributed by atoms with Crippen LogP contribution >= 0.6 is 11.6 Å². The van der Waals surface area contributed by atoms with Crippen molar-refractivity contribution in [1.82, 2.24) is 4.98 Å². The molecule has 1 rings (SSSR count). The van der Waals surface area contributed by atoms with E-state index in [1.54, 1.807) is 26.1 Å². The average Bonchev–Trinajstić information content (AvgIpc) is 2.12. The summed E-state index contributed by atoms with van der Waals surface area (Å²) >= 11 is 5.77. The molecule has 0 fully saturated rings. The number of halogens is 1. The maximum Gasteiger partial charge on any atom is 0.131 e. The second-order valence-corrected chi connectivity index (χ2v) is 4.51. The molecule has 0 aliphatic rings. The normalized spacial score (nSPS) is 13.7. The molecule has 1 aromatic rings. The van der Waals surface area contributed by atoms with Gasteiger partial charge in [0, 0.05) is 11.9 Å². The number of aliphatic hydroxyl groups is 1. The monoisotopic (exact) mass is 228 g/mol. The van der Waals surface area contributed by atoms with Gasteiger partial charge in [0.1, 0.15) is 5.15 Å². The number of aromatic nitrogens is 1. The van der Waals surface area contributed by atoms with Crippen LogP contribution in [0.2, 0.25) is 5.15 Å². The molecule has 2 N–H and O–H groups in total. The molecule has 0 saturated heterocycles. The third-order valence-corrected chi connectivity index (χ3v) is 2.54. The van der Waals surface area contributed by atoms with Crippen molar-refractivity contribution in [3.05, 3.63) is 23.5 Å². The summed E-state index contributed by atoms with van der Waals surface area (Å²) in [5, 5.41) is 13.6. The van der Waals surface area contributed by atoms with E-state index in [-0.39, 0.29) is 6.04 Å². The zero-order valence-electron chi connectivity index (χ0n) is 9.29. The Balaban J connectivity index is 2.76. The van der Waals surface area contributed by atoms with Crippen LogP contribution < -0.4 is 5.32 Å². The summed E-state index contributed by atoms with van der Waals surface area (Å²) in [6.45, 7) is 5.60. The Labute approximate surface area is 95.5 Å². The molecular formula is C11H17ClN2O. The van der Waals surface area contributed by atoms with Gasteiger partial charge in [0.15, 0.2) is 0 Å². The zero-order chi connectivity index (χ0) is 11.5. The van der Waals surface area contributed by atoms with Crippen molar-refractivity contribution < 1.29 is 5.11 Å². The highest BCUT2D eigenvalue weighted by Crippen LogP contribution is 2.19. The first kappa shape index (κ1) is 12.3. The molecule has 1 atom stereocenters. The zero-order valence-corrected chi connectivity index (χ0v) is 10.0. The topological polar surface area (TPSA) is 45.2 Å². The SMILES string of the molecule is CCC(Nc1ccnc(Cl)c1)C(C)(C)O. The van der Waals surface area contributed by atoms with E-state index in [1.165, 1.54) is 0 Å². The van der Waals surface area contributed by atoms with E-state index in [0.717, 1.165) is 12.1 Å². The van der Waals surface area contributed by atoms with E-state index in [1.807, 2.05) is 13.0 Å². The van der Waals surface area contributed by atoms with Crippen LogP contribution in [0.15, 0.2) is 18.3 Å². The van der Waals surface area contributed by atoms with E-state index in [9.17, 15) is 5.11 Å². The van der Waals surface area contributed by atoms with Crippen molar-refractivity contribution in [2.45, 2.75) is 38.8 Å². The van der Waals surface area contributed by atoms with Crippen molar-refractivity contribution in [2.24, 2.45) is 0 Å². The number of nitrogens with one attached hydrogen (secondary N) is 1. The van der Waals surface area contributed by atoms with Crippen molar-refractivity contribution in [1.29, 1.82) is 0 Å². The number of hydrogen-bond acceptors (Lipinski definition) is 3. The van der Waals surface area contributed by atoms with Gasteiger partial charge in [0.2, 0.25) is 0 Å². The number of pyridine rings is 1. The molecule has 1 aromatic heterocycles. The molecule has 0 amide bonds. The number of hydrogen-bond donors (Lipinski definition) is 2. The van der Waals surface area contributed by atoms with Gasteiger partial charge in [-0.1, -0.05) is 18.5 Å². The lowest BCUT2D eigenvalue weighted by Crippen LogP contribution is -2.41. The third kappa shape index (κ3) is 3.68. The van der Waals surface area contributed by atoms with E-state index < -0.39 is 5.60 Å². The molecule has 0 aromatic carbocycles. The predicted molar refractivity (Wildman–Crippen MR) is 63.2 cm³/mol. The van der Waals surface area contributed by atoms with Crippen LogP contribution in [0.5, 0.6) is 0 Å². The van der Waals surface area contributed by atoms with Crippen molar-refractivity contribution in [3.8, 4) is 0 Å². The first-order valence-electron chi connectivity index (χ1n) is 5.04. The highest BCUT2D eigenvalue weighted by molar-refractivity contribution is 6.29. The van der Waals surface area contributed by atoms with Gasteiger partial charge in [0.05, 0.1) is 11.6 Å². The fourth-order valence-electron chi connectivity index (χ4n) is 1.47. The van der Waals surface area contributed by atoms with Crippen LogP contribution in [0.3, 0.4) is 0 Å². The van der Waals surface area contributed by atoms with Crippen LogP contribution in [0.4, 0.5) is 5.69 Å². The number of rotatable bonds is 4. The van der Waals surface area contributed by atoms with Crippen LogP contribution in [0.1, 0.15) is 27.2 Å². The molecule has 0 spiro atoms. The summed E-state index contributed by atoms with van der Waals surface area (Å²) in [5.74, 6) is 0. The number of nitrogens with zero attached hydrogens (tertiary/aromatic N) is 1. The Morgan fingerprint density at radius 1 is 1.60 bits per heavy atom. The fourth-order valence-corrected chi connectivity index (χ4v) is 1.65. The Bertz CT molecular complexity index is 323. The largest absolute Gasteiger partial charge is 0.388 e. The first-order valence-corrected chi connectivity index (χ1v) is 5.41. The Kier molecular flexibility index (Phi) is 3.94. The highest BCUT2D eigenvalue weighted by Gasteiger charge is 2.24. The molecule has 1 heterocycles. The van der Waals surface area contributed by atoms with Gasteiger partial charge in [-0.05, 0) is 32.4 Å². The summed E-state index contributed by atoms with van der Waals surface area (Å²) in [6.07, 6.45) is 2.48. The van der Waals surface area contributed by atoms with E-state index >= 15 is 0 Å². The molecule has 1 unspecified atom stereocenters. The highest BCUT2D eigenvalue weighted by atomic mass is 35.5. The molecule has 4 heteroatoms. The minimum absolute atomic E-state index is 0.00373. The summed E-state index contributed by atoms with van der Waals surface area (Å²) < 4.78 is 0. The first-order chi connectivity index (χ1) is 6.93. The van der Waals surface area contributed by atoms with E-state index in [2.05, 4.69) is 10.3 Å². The molecule has 0 radical (unpaired) electrons. The van der Waals surface area contributed by atoms with E-state index in [0.29, 0.717) is 5.15 Å². The van der Waals surface area contributed by atoms with Gasteiger partial charge < -0.3 is 10.4 Å². The van der Waals surface area contributed by atoms with Crippen LogP contribution in [0.25, 0.3) is 0 Å². The van der Waals surface area contributed by atoms with E-state index in [4.69, 9.17) is 11.6 Å². The van der Waals surface area contributed by atoms with Crippen molar-refractivity contribution >= 4 is 17.3 Å². The minimum atomic E-state index is -0.759. The Morgan fingerprint density at radius 3 is 2.73 bits per heavy atom. The lowest BCUT2D eigenvalue weighted by atomic mass is 9.96. The van der Waals surface area contributed by atoms with Crippen LogP contribution in [-0.4, -0.2) is 21.7 Å². The molecule has 0 aliphatic heterocycles. The summed E-state index contributed by atoms with van der Waals surface area (Å²) in [4.78, 5) is 3.90. The molecule has 3 nitrogen and oxygen atoms in total. The standard InChI is InChI=1S/C11H17ClN2O/c1-4-9(11(2,3)15)14-8-5-6-13-10(12)7-8/h5-7,9,15H,4H2,1-3H3,(H,13,14). The smallest absolute Gasteiger partial charge is 0.131 e. The quantitative estimate of drug-likeness (QED) is 0.779. The van der Waals surface area contributed by atoms with Gasteiger partial charge in [-0.15, -0.1) is 0 Å². The average molecular weight is 229 g/mol.